The maximum Gasteiger partial charge on any atom is 1.00 e. The van der Waals surface area contributed by atoms with Gasteiger partial charge in [-0.05, 0) is 19.3 Å². The van der Waals surface area contributed by atoms with Crippen LogP contribution in [0.3, 0.4) is 0 Å². The van der Waals surface area contributed by atoms with E-state index in [0.29, 0.717) is 6.42 Å². The Hall–Kier alpha value is 0.870. The van der Waals surface area contributed by atoms with Crippen molar-refractivity contribution in [2.75, 3.05) is 5.75 Å². The predicted molar refractivity (Wildman–Crippen MR) is 63.2 cm³/mol. The molecule has 0 aromatic carbocycles. The van der Waals surface area contributed by atoms with E-state index in [1.807, 2.05) is 6.92 Å². The fourth-order valence-electron chi connectivity index (χ4n) is 1.57. The maximum atomic E-state index is 10.3. The smallest absolute Gasteiger partial charge is 0.748 e. The molecule has 0 aromatic rings. The van der Waals surface area contributed by atoms with Crippen LogP contribution in [0.25, 0.3) is 0 Å². The molecular weight excluding hydrogens is 251 g/mol. The molecule has 98 valence electrons. The minimum atomic E-state index is -4.02. The van der Waals surface area contributed by atoms with Gasteiger partial charge in [0, 0.05) is 5.75 Å². The number of rotatable bonds is 10. The minimum absolute atomic E-state index is 0. The summed E-state index contributed by atoms with van der Waals surface area (Å²) in [5.41, 5.74) is 0. The van der Waals surface area contributed by atoms with Crippen LogP contribution in [0.15, 0.2) is 0 Å². The Balaban J connectivity index is 0. The van der Waals surface area contributed by atoms with Crippen molar-refractivity contribution in [3.8, 4) is 0 Å². The zero-order chi connectivity index (χ0) is 12.4. The van der Waals surface area contributed by atoms with Crippen LogP contribution in [0.4, 0.5) is 0 Å². The molecular formula is C11H23NaO4S. The zero-order valence-electron chi connectivity index (χ0n) is 11.0. The van der Waals surface area contributed by atoms with Gasteiger partial charge < -0.3 is 9.66 Å². The van der Waals surface area contributed by atoms with E-state index in [4.69, 9.17) is 0 Å². The van der Waals surface area contributed by atoms with Gasteiger partial charge in [0.1, 0.15) is 0 Å². The second-order valence-electron chi connectivity index (χ2n) is 4.23. The van der Waals surface area contributed by atoms with Crippen LogP contribution in [-0.2, 0) is 10.1 Å². The van der Waals surface area contributed by atoms with E-state index < -0.39 is 10.1 Å². The van der Waals surface area contributed by atoms with Crippen molar-refractivity contribution >= 4 is 10.1 Å². The van der Waals surface area contributed by atoms with Crippen LogP contribution in [0.1, 0.15) is 58.3 Å². The Morgan fingerprint density at radius 2 is 1.53 bits per heavy atom. The van der Waals surface area contributed by atoms with Gasteiger partial charge in [0.25, 0.3) is 0 Å². The molecule has 0 aliphatic carbocycles. The van der Waals surface area contributed by atoms with Crippen molar-refractivity contribution in [2.45, 2.75) is 64.4 Å². The molecule has 0 heterocycles. The Morgan fingerprint density at radius 1 is 1.06 bits per heavy atom. The summed E-state index contributed by atoms with van der Waals surface area (Å²) in [6, 6.07) is 0. The molecule has 0 rings (SSSR count). The Morgan fingerprint density at radius 3 is 2.00 bits per heavy atom. The summed E-state index contributed by atoms with van der Waals surface area (Å²) < 4.78 is 30.9. The van der Waals surface area contributed by atoms with Gasteiger partial charge in [0.2, 0.25) is 0 Å². The summed E-state index contributed by atoms with van der Waals surface area (Å²) in [6.45, 7) is 1.97. The molecule has 0 amide bonds. The number of unbranched alkanes of at least 4 members (excludes halogenated alkanes) is 5. The van der Waals surface area contributed by atoms with Gasteiger partial charge in [0.15, 0.2) is 0 Å². The van der Waals surface area contributed by atoms with Gasteiger partial charge in [0.05, 0.1) is 16.2 Å². The molecule has 0 aliphatic rings. The third-order valence-corrected chi connectivity index (χ3v) is 3.44. The summed E-state index contributed by atoms with van der Waals surface area (Å²) in [6.07, 6.45) is 6.88. The topological polar surface area (TPSA) is 77.4 Å². The molecule has 1 N–H and O–H groups in total. The first-order valence-corrected chi connectivity index (χ1v) is 7.65. The Labute approximate surface area is 127 Å². The Kier molecular flexibility index (Phi) is 14.2. The maximum absolute atomic E-state index is 10.3. The summed E-state index contributed by atoms with van der Waals surface area (Å²) in [7, 11) is -4.02. The van der Waals surface area contributed by atoms with Crippen molar-refractivity contribution in [3.05, 3.63) is 0 Å². The Bertz CT molecular complexity index is 254. The average molecular weight is 274 g/mol. The second-order valence-corrected chi connectivity index (χ2v) is 5.76. The first-order chi connectivity index (χ1) is 7.45. The van der Waals surface area contributed by atoms with E-state index in [1.54, 1.807) is 0 Å². The van der Waals surface area contributed by atoms with Gasteiger partial charge in [-0.2, -0.15) is 0 Å². The largest absolute Gasteiger partial charge is 1.00 e. The standard InChI is InChI=1S/C11H24O4S.Na/c1-2-11(12)9-7-5-3-4-6-8-10-16(13,14)15;/h11-12H,2-10H2,1H3,(H,13,14,15);/q;+1/p-1. The summed E-state index contributed by atoms with van der Waals surface area (Å²) in [5.74, 6) is -0.235. The summed E-state index contributed by atoms with van der Waals surface area (Å²) in [4.78, 5) is 0. The van der Waals surface area contributed by atoms with Crippen LogP contribution >= 0.6 is 0 Å². The summed E-state index contributed by atoms with van der Waals surface area (Å²) in [5, 5.41) is 9.29. The quantitative estimate of drug-likeness (QED) is 0.316. The molecule has 0 aromatic heterocycles. The zero-order valence-corrected chi connectivity index (χ0v) is 13.8. The molecule has 1 unspecified atom stereocenters. The van der Waals surface area contributed by atoms with Gasteiger partial charge in [-0.25, -0.2) is 8.42 Å². The molecule has 0 fully saturated rings. The van der Waals surface area contributed by atoms with E-state index in [9.17, 15) is 18.1 Å². The number of hydrogen-bond donors (Lipinski definition) is 1. The molecule has 0 saturated heterocycles. The normalized spacial score (nSPS) is 13.1. The molecule has 1 atom stereocenters. The molecule has 6 heteroatoms. The van der Waals surface area contributed by atoms with E-state index in [-0.39, 0.29) is 41.4 Å². The van der Waals surface area contributed by atoms with Crippen LogP contribution in [0, 0.1) is 0 Å². The molecule has 17 heavy (non-hydrogen) atoms. The first-order valence-electron chi connectivity index (χ1n) is 6.07. The fourth-order valence-corrected chi connectivity index (χ4v) is 2.13. The van der Waals surface area contributed by atoms with Crippen molar-refractivity contribution in [2.24, 2.45) is 0 Å². The van der Waals surface area contributed by atoms with Crippen molar-refractivity contribution in [1.82, 2.24) is 0 Å². The molecule has 0 saturated carbocycles. The second kappa shape index (κ2) is 11.9. The van der Waals surface area contributed by atoms with E-state index in [2.05, 4.69) is 0 Å². The molecule has 0 bridgehead atoms. The van der Waals surface area contributed by atoms with E-state index in [1.165, 1.54) is 0 Å². The minimum Gasteiger partial charge on any atom is -0.748 e. The fraction of sp³-hybridized carbons (Fsp3) is 1.00. The molecule has 0 radical (unpaired) electrons. The van der Waals surface area contributed by atoms with Gasteiger partial charge in [-0.1, -0.05) is 39.0 Å². The van der Waals surface area contributed by atoms with Crippen LogP contribution in [0.2, 0.25) is 0 Å². The number of aliphatic hydroxyl groups excluding tert-OH is 1. The van der Waals surface area contributed by atoms with Crippen LogP contribution in [0.5, 0.6) is 0 Å². The average Bonchev–Trinajstić information content (AvgIpc) is 2.20. The third-order valence-electron chi connectivity index (χ3n) is 2.65. The molecule has 0 aliphatic heterocycles. The number of aliphatic hydroxyl groups is 1. The summed E-state index contributed by atoms with van der Waals surface area (Å²) >= 11 is 0. The molecule has 4 nitrogen and oxygen atoms in total. The number of hydrogen-bond acceptors (Lipinski definition) is 4. The predicted octanol–water partition coefficient (Wildman–Crippen LogP) is -0.963. The van der Waals surface area contributed by atoms with Crippen molar-refractivity contribution in [3.63, 3.8) is 0 Å². The third kappa shape index (κ3) is 16.9. The monoisotopic (exact) mass is 274 g/mol. The van der Waals surface area contributed by atoms with Crippen LogP contribution < -0.4 is 29.6 Å². The van der Waals surface area contributed by atoms with E-state index in [0.717, 1.165) is 44.9 Å². The van der Waals surface area contributed by atoms with Crippen LogP contribution in [-0.4, -0.2) is 29.9 Å². The first kappa shape index (κ1) is 20.2. The SMILES string of the molecule is CCC(O)CCCCCCCCS(=O)(=O)[O-].[Na+]. The molecule has 0 spiro atoms. The van der Waals surface area contributed by atoms with E-state index >= 15 is 0 Å². The van der Waals surface area contributed by atoms with Crippen molar-refractivity contribution in [1.29, 1.82) is 0 Å². The van der Waals surface area contributed by atoms with Gasteiger partial charge >= 0.3 is 29.6 Å². The van der Waals surface area contributed by atoms with Gasteiger partial charge in [-0.3, -0.25) is 0 Å². The van der Waals surface area contributed by atoms with Gasteiger partial charge in [-0.15, -0.1) is 0 Å². The van der Waals surface area contributed by atoms with Crippen molar-refractivity contribution < 1.29 is 47.6 Å².